The van der Waals surface area contributed by atoms with Crippen molar-refractivity contribution in [3.63, 3.8) is 0 Å². The van der Waals surface area contributed by atoms with Crippen LogP contribution in [0.2, 0.25) is 0 Å². The third-order valence-electron chi connectivity index (χ3n) is 2.91. The van der Waals surface area contributed by atoms with Crippen molar-refractivity contribution in [1.82, 2.24) is 14.6 Å². The van der Waals surface area contributed by atoms with E-state index >= 15 is 0 Å². The Balaban J connectivity index is 2.26. The van der Waals surface area contributed by atoms with Gasteiger partial charge in [0.2, 0.25) is 4.96 Å². The molecule has 1 aromatic carbocycles. The Morgan fingerprint density at radius 2 is 2.11 bits per heavy atom. The Kier molecular flexibility index (Phi) is 2.56. The molecule has 2 aromatic heterocycles. The van der Waals surface area contributed by atoms with Gasteiger partial charge in [-0.05, 0) is 18.1 Å². The Bertz CT molecular complexity index is 696. The molecular formula is C13H14N4S. The quantitative estimate of drug-likeness (QED) is 0.718. The summed E-state index contributed by atoms with van der Waals surface area (Å²) >= 11 is 1.62. The highest BCUT2D eigenvalue weighted by Crippen LogP contribution is 2.28. The highest BCUT2D eigenvalue weighted by atomic mass is 32.1. The van der Waals surface area contributed by atoms with E-state index in [9.17, 15) is 0 Å². The lowest BCUT2D eigenvalue weighted by Gasteiger charge is -2.06. The van der Waals surface area contributed by atoms with Gasteiger partial charge in [-0.25, -0.2) is 0 Å². The molecular weight excluding hydrogens is 244 g/mol. The molecule has 0 saturated heterocycles. The fraction of sp³-hybridized carbons (Fsp3) is 0.231. The van der Waals surface area contributed by atoms with Gasteiger partial charge in [-0.2, -0.15) is 0 Å². The summed E-state index contributed by atoms with van der Waals surface area (Å²) in [6.07, 6.45) is 0. The molecule has 0 amide bonds. The van der Waals surface area contributed by atoms with Crippen molar-refractivity contribution in [2.45, 2.75) is 19.8 Å². The van der Waals surface area contributed by atoms with Crippen LogP contribution in [-0.4, -0.2) is 14.6 Å². The zero-order valence-corrected chi connectivity index (χ0v) is 11.1. The molecule has 0 fully saturated rings. The Morgan fingerprint density at radius 1 is 1.28 bits per heavy atom. The van der Waals surface area contributed by atoms with Crippen LogP contribution in [0.25, 0.3) is 16.3 Å². The molecule has 0 saturated carbocycles. The first-order chi connectivity index (χ1) is 8.66. The van der Waals surface area contributed by atoms with Crippen molar-refractivity contribution < 1.29 is 0 Å². The maximum absolute atomic E-state index is 5.83. The summed E-state index contributed by atoms with van der Waals surface area (Å²) in [6.45, 7) is 4.34. The zero-order valence-electron chi connectivity index (χ0n) is 10.3. The van der Waals surface area contributed by atoms with Crippen molar-refractivity contribution in [3.05, 3.63) is 35.3 Å². The number of hydrogen-bond donors (Lipinski definition) is 1. The van der Waals surface area contributed by atoms with Gasteiger partial charge in [-0.1, -0.05) is 26.0 Å². The molecule has 3 aromatic rings. The molecule has 0 radical (unpaired) electrons. The average molecular weight is 258 g/mol. The predicted octanol–water partition coefficient (Wildman–Crippen LogP) is 3.16. The summed E-state index contributed by atoms with van der Waals surface area (Å²) in [7, 11) is 0. The second-order valence-electron chi connectivity index (χ2n) is 4.58. The standard InChI is InChI=1S/C13H14N4S/c1-8(2)11-7-18-13-16-15-12(17(11)13)9-4-3-5-10(14)6-9/h3-8H,14H2,1-2H3. The third-order valence-corrected chi connectivity index (χ3v) is 3.75. The number of rotatable bonds is 2. The topological polar surface area (TPSA) is 56.2 Å². The summed E-state index contributed by atoms with van der Waals surface area (Å²) in [5.74, 6) is 1.30. The summed E-state index contributed by atoms with van der Waals surface area (Å²) in [5.41, 5.74) is 8.80. The molecule has 2 N–H and O–H groups in total. The van der Waals surface area contributed by atoms with Crippen LogP contribution >= 0.6 is 11.3 Å². The molecule has 0 aliphatic rings. The number of fused-ring (bicyclic) bond motifs is 1. The first-order valence-electron chi connectivity index (χ1n) is 5.85. The average Bonchev–Trinajstić information content (AvgIpc) is 2.88. The Morgan fingerprint density at radius 3 is 2.83 bits per heavy atom. The molecule has 0 atom stereocenters. The molecule has 0 spiro atoms. The first-order valence-corrected chi connectivity index (χ1v) is 6.73. The molecule has 0 aliphatic carbocycles. The second kappa shape index (κ2) is 4.10. The fourth-order valence-electron chi connectivity index (χ4n) is 2.00. The van der Waals surface area contributed by atoms with E-state index in [0.717, 1.165) is 22.0 Å². The second-order valence-corrected chi connectivity index (χ2v) is 5.42. The number of thiazole rings is 1. The van der Waals surface area contributed by atoms with E-state index < -0.39 is 0 Å². The lowest BCUT2D eigenvalue weighted by Crippen LogP contribution is -1.97. The molecule has 4 nitrogen and oxygen atoms in total. The van der Waals surface area contributed by atoms with E-state index in [2.05, 4.69) is 33.8 Å². The number of nitrogens with two attached hydrogens (primary N) is 1. The summed E-state index contributed by atoms with van der Waals surface area (Å²) in [6, 6.07) is 7.75. The molecule has 3 rings (SSSR count). The third kappa shape index (κ3) is 1.67. The van der Waals surface area contributed by atoms with Crippen molar-refractivity contribution in [2.24, 2.45) is 0 Å². The van der Waals surface area contributed by atoms with Gasteiger partial charge >= 0.3 is 0 Å². The number of aromatic nitrogens is 3. The molecule has 18 heavy (non-hydrogen) atoms. The summed E-state index contributed by atoms with van der Waals surface area (Å²) in [4.78, 5) is 0.927. The summed E-state index contributed by atoms with van der Waals surface area (Å²) < 4.78 is 2.12. The van der Waals surface area contributed by atoms with Crippen LogP contribution in [0.5, 0.6) is 0 Å². The van der Waals surface area contributed by atoms with Gasteiger partial charge in [-0.15, -0.1) is 21.5 Å². The van der Waals surface area contributed by atoms with Crippen LogP contribution in [0.1, 0.15) is 25.5 Å². The van der Waals surface area contributed by atoms with Crippen LogP contribution in [0.15, 0.2) is 29.6 Å². The molecule has 0 aliphatic heterocycles. The summed E-state index contributed by atoms with van der Waals surface area (Å²) in [5, 5.41) is 10.6. The monoisotopic (exact) mass is 258 g/mol. The van der Waals surface area contributed by atoms with Crippen LogP contribution in [-0.2, 0) is 0 Å². The highest BCUT2D eigenvalue weighted by Gasteiger charge is 2.15. The van der Waals surface area contributed by atoms with Gasteiger partial charge in [0.05, 0.1) is 0 Å². The van der Waals surface area contributed by atoms with Crippen LogP contribution in [0, 0.1) is 0 Å². The zero-order chi connectivity index (χ0) is 12.7. The van der Waals surface area contributed by atoms with E-state index in [0.29, 0.717) is 5.92 Å². The minimum Gasteiger partial charge on any atom is -0.399 e. The lowest BCUT2D eigenvalue weighted by atomic mass is 10.1. The minimum absolute atomic E-state index is 0.439. The van der Waals surface area contributed by atoms with E-state index in [1.807, 2.05) is 24.3 Å². The molecule has 5 heteroatoms. The van der Waals surface area contributed by atoms with E-state index in [1.165, 1.54) is 5.69 Å². The number of nitrogen functional groups attached to an aromatic ring is 1. The van der Waals surface area contributed by atoms with E-state index in [4.69, 9.17) is 5.73 Å². The smallest absolute Gasteiger partial charge is 0.216 e. The van der Waals surface area contributed by atoms with Crippen LogP contribution in [0.4, 0.5) is 5.69 Å². The normalized spacial score (nSPS) is 11.5. The number of anilines is 1. The van der Waals surface area contributed by atoms with Crippen LogP contribution in [0.3, 0.4) is 0 Å². The van der Waals surface area contributed by atoms with E-state index in [1.54, 1.807) is 11.3 Å². The molecule has 92 valence electrons. The van der Waals surface area contributed by atoms with Gasteiger partial charge in [-0.3, -0.25) is 4.40 Å². The Labute approximate surface area is 109 Å². The SMILES string of the molecule is CC(C)c1csc2nnc(-c3cccc(N)c3)n12. The van der Waals surface area contributed by atoms with Crippen molar-refractivity contribution in [1.29, 1.82) is 0 Å². The van der Waals surface area contributed by atoms with Gasteiger partial charge in [0.25, 0.3) is 0 Å². The number of hydrogen-bond acceptors (Lipinski definition) is 4. The molecule has 0 unspecified atom stereocenters. The van der Waals surface area contributed by atoms with Gasteiger partial charge in [0.1, 0.15) is 0 Å². The first kappa shape index (κ1) is 11.2. The van der Waals surface area contributed by atoms with Crippen molar-refractivity contribution >= 4 is 22.0 Å². The van der Waals surface area contributed by atoms with Gasteiger partial charge in [0, 0.05) is 22.3 Å². The molecule has 0 bridgehead atoms. The highest BCUT2D eigenvalue weighted by molar-refractivity contribution is 7.15. The Hall–Kier alpha value is -1.88. The predicted molar refractivity (Wildman–Crippen MR) is 74.8 cm³/mol. The van der Waals surface area contributed by atoms with Crippen molar-refractivity contribution in [2.75, 3.05) is 5.73 Å². The van der Waals surface area contributed by atoms with E-state index in [-0.39, 0.29) is 0 Å². The maximum Gasteiger partial charge on any atom is 0.216 e. The van der Waals surface area contributed by atoms with Crippen molar-refractivity contribution in [3.8, 4) is 11.4 Å². The fourth-order valence-corrected chi connectivity index (χ4v) is 2.99. The maximum atomic E-state index is 5.83. The van der Waals surface area contributed by atoms with Gasteiger partial charge < -0.3 is 5.73 Å². The number of benzene rings is 1. The lowest BCUT2D eigenvalue weighted by molar-refractivity contribution is 0.811. The van der Waals surface area contributed by atoms with Gasteiger partial charge in [0.15, 0.2) is 5.82 Å². The minimum atomic E-state index is 0.439. The molecule has 2 heterocycles. The number of nitrogens with zero attached hydrogens (tertiary/aromatic N) is 3. The van der Waals surface area contributed by atoms with Crippen LogP contribution < -0.4 is 5.73 Å². The largest absolute Gasteiger partial charge is 0.399 e.